The lowest BCUT2D eigenvalue weighted by atomic mass is 10.1. The molecule has 1 saturated heterocycles. The zero-order chi connectivity index (χ0) is 23.4. The van der Waals surface area contributed by atoms with Crippen LogP contribution in [-0.4, -0.2) is 37.7 Å². The Hall–Kier alpha value is -3.96. The van der Waals surface area contributed by atoms with Crippen LogP contribution in [0.4, 0.5) is 10.5 Å². The predicted molar refractivity (Wildman–Crippen MR) is 118 cm³/mol. The van der Waals surface area contributed by atoms with E-state index in [0.717, 1.165) is 4.90 Å². The fourth-order valence-electron chi connectivity index (χ4n) is 3.20. The van der Waals surface area contributed by atoms with Crippen LogP contribution in [0.1, 0.15) is 21.7 Å². The van der Waals surface area contributed by atoms with Crippen LogP contribution in [0, 0.1) is 0 Å². The number of carbonyl (C=O) groups excluding carboxylic acids is 3. The van der Waals surface area contributed by atoms with E-state index in [0.29, 0.717) is 17.0 Å². The first-order chi connectivity index (χ1) is 15.8. The third-order valence-electron chi connectivity index (χ3n) is 4.91. The second-order valence-electron chi connectivity index (χ2n) is 7.22. The van der Waals surface area contributed by atoms with Crippen LogP contribution in [0.2, 0.25) is 0 Å². The predicted octanol–water partition coefficient (Wildman–Crippen LogP) is 2.06. The Morgan fingerprint density at radius 1 is 1.06 bits per heavy atom. The summed E-state index contributed by atoms with van der Waals surface area (Å²) in [6.07, 6.45) is 1.45. The largest absolute Gasteiger partial charge is 0.468 e. The summed E-state index contributed by atoms with van der Waals surface area (Å²) in [5, 5.41) is 5.18. The molecule has 0 spiro atoms. The summed E-state index contributed by atoms with van der Waals surface area (Å²) >= 11 is 0. The first-order valence-electron chi connectivity index (χ1n) is 9.92. The van der Waals surface area contributed by atoms with E-state index >= 15 is 0 Å². The van der Waals surface area contributed by atoms with Gasteiger partial charge in [0.1, 0.15) is 5.76 Å². The number of hydrogen-bond acceptors (Lipinski definition) is 6. The quantitative estimate of drug-likeness (QED) is 0.433. The van der Waals surface area contributed by atoms with E-state index in [4.69, 9.17) is 4.42 Å². The molecule has 0 aliphatic carbocycles. The van der Waals surface area contributed by atoms with Gasteiger partial charge in [0.2, 0.25) is 15.9 Å². The van der Waals surface area contributed by atoms with Crippen LogP contribution in [0.25, 0.3) is 0 Å². The molecule has 33 heavy (non-hydrogen) atoms. The van der Waals surface area contributed by atoms with Gasteiger partial charge in [0.25, 0.3) is 5.91 Å². The number of urea groups is 1. The number of imide groups is 1. The molecular formula is C22H20N4O6S. The maximum atomic E-state index is 12.6. The lowest BCUT2D eigenvalue weighted by Crippen LogP contribution is -2.30. The molecule has 1 aromatic heterocycles. The van der Waals surface area contributed by atoms with Crippen molar-refractivity contribution in [2.45, 2.75) is 18.0 Å². The zero-order valence-corrected chi connectivity index (χ0v) is 18.1. The van der Waals surface area contributed by atoms with Gasteiger partial charge < -0.3 is 15.1 Å². The van der Waals surface area contributed by atoms with E-state index in [2.05, 4.69) is 15.4 Å². The van der Waals surface area contributed by atoms with Gasteiger partial charge in [-0.15, -0.1) is 0 Å². The third kappa shape index (κ3) is 5.27. The van der Waals surface area contributed by atoms with Crippen molar-refractivity contribution in [2.24, 2.45) is 0 Å². The van der Waals surface area contributed by atoms with Crippen molar-refractivity contribution >= 4 is 33.6 Å². The monoisotopic (exact) mass is 468 g/mol. The Bertz CT molecular complexity index is 1270. The molecule has 3 N–H and O–H groups in total. The van der Waals surface area contributed by atoms with E-state index in [1.165, 1.54) is 30.5 Å². The lowest BCUT2D eigenvalue weighted by Gasteiger charge is -2.13. The first-order valence-corrected chi connectivity index (χ1v) is 11.4. The van der Waals surface area contributed by atoms with Gasteiger partial charge in [0.05, 0.1) is 30.8 Å². The molecule has 0 bridgehead atoms. The topological polar surface area (TPSA) is 138 Å². The molecule has 2 heterocycles. The molecule has 1 aliphatic heterocycles. The number of amides is 4. The highest BCUT2D eigenvalue weighted by Crippen LogP contribution is 2.17. The van der Waals surface area contributed by atoms with Gasteiger partial charge in [-0.2, -0.15) is 0 Å². The molecule has 1 aliphatic rings. The summed E-state index contributed by atoms with van der Waals surface area (Å²) in [4.78, 5) is 37.2. The minimum absolute atomic E-state index is 0.0125. The fraction of sp³-hybridized carbons (Fsp3) is 0.136. The molecule has 4 amide bonds. The summed E-state index contributed by atoms with van der Waals surface area (Å²) in [6.45, 7) is 0.0733. The summed E-state index contributed by atoms with van der Waals surface area (Å²) in [5.41, 5.74) is 1.41. The van der Waals surface area contributed by atoms with E-state index in [9.17, 15) is 22.8 Å². The number of carbonyl (C=O) groups is 3. The third-order valence-corrected chi connectivity index (χ3v) is 6.32. The number of benzene rings is 2. The Kier molecular flexibility index (Phi) is 6.24. The zero-order valence-electron chi connectivity index (χ0n) is 17.3. The SMILES string of the molecule is O=C(Nc1cccc(CN2C(=O)CNC2=O)c1)c1ccc(S(=O)(=O)NCc2ccco2)cc1. The molecule has 0 radical (unpaired) electrons. The van der Waals surface area contributed by atoms with Crippen molar-refractivity contribution in [2.75, 3.05) is 11.9 Å². The minimum atomic E-state index is -3.77. The Morgan fingerprint density at radius 3 is 2.52 bits per heavy atom. The summed E-state index contributed by atoms with van der Waals surface area (Å²) in [7, 11) is -3.77. The standard InChI is InChI=1S/C22H20N4O6S/c27-20-13-23-22(29)26(20)14-15-3-1-4-17(11-15)25-21(28)16-6-8-19(9-7-16)33(30,31)24-12-18-5-2-10-32-18/h1-11,24H,12-14H2,(H,23,29)(H,25,28). The number of sulfonamides is 1. The first kappa shape index (κ1) is 22.2. The second kappa shape index (κ2) is 9.27. The highest BCUT2D eigenvalue weighted by Gasteiger charge is 2.28. The van der Waals surface area contributed by atoms with Crippen molar-refractivity contribution in [1.29, 1.82) is 0 Å². The van der Waals surface area contributed by atoms with Gasteiger partial charge in [0.15, 0.2) is 0 Å². The van der Waals surface area contributed by atoms with Crippen LogP contribution < -0.4 is 15.4 Å². The molecule has 1 fully saturated rings. The van der Waals surface area contributed by atoms with Gasteiger partial charge in [-0.05, 0) is 54.1 Å². The molecule has 0 saturated carbocycles. The number of nitrogens with one attached hydrogen (secondary N) is 3. The lowest BCUT2D eigenvalue weighted by molar-refractivity contribution is -0.125. The summed E-state index contributed by atoms with van der Waals surface area (Å²) < 4.78 is 32.4. The Labute approximate surface area is 189 Å². The number of nitrogens with zero attached hydrogens (tertiary/aromatic N) is 1. The molecule has 10 nitrogen and oxygen atoms in total. The molecule has 2 aromatic carbocycles. The molecule has 0 unspecified atom stereocenters. The van der Waals surface area contributed by atoms with Crippen molar-refractivity contribution in [3.8, 4) is 0 Å². The number of hydrogen-bond donors (Lipinski definition) is 3. The smallest absolute Gasteiger partial charge is 0.324 e. The molecule has 0 atom stereocenters. The molecular weight excluding hydrogens is 448 g/mol. The minimum Gasteiger partial charge on any atom is -0.468 e. The van der Waals surface area contributed by atoms with Crippen molar-refractivity contribution < 1.29 is 27.2 Å². The van der Waals surface area contributed by atoms with Gasteiger partial charge in [0, 0.05) is 11.3 Å². The highest BCUT2D eigenvalue weighted by molar-refractivity contribution is 7.89. The van der Waals surface area contributed by atoms with Crippen molar-refractivity contribution in [1.82, 2.24) is 14.9 Å². The van der Waals surface area contributed by atoms with Gasteiger partial charge in [-0.1, -0.05) is 12.1 Å². The average Bonchev–Trinajstić information content (AvgIpc) is 3.44. The molecule has 170 valence electrons. The van der Waals surface area contributed by atoms with Gasteiger partial charge in [-0.25, -0.2) is 17.9 Å². The Morgan fingerprint density at radius 2 is 1.85 bits per heavy atom. The maximum absolute atomic E-state index is 12.6. The van der Waals surface area contributed by atoms with Crippen molar-refractivity contribution in [3.05, 3.63) is 83.8 Å². The van der Waals surface area contributed by atoms with Crippen molar-refractivity contribution in [3.63, 3.8) is 0 Å². The maximum Gasteiger partial charge on any atom is 0.324 e. The molecule has 11 heteroatoms. The number of anilines is 1. The van der Waals surface area contributed by atoms with Crippen LogP contribution in [0.3, 0.4) is 0 Å². The number of furan rings is 1. The van der Waals surface area contributed by atoms with Gasteiger partial charge in [-0.3, -0.25) is 14.5 Å². The summed E-state index contributed by atoms with van der Waals surface area (Å²) in [6, 6.07) is 15.1. The van der Waals surface area contributed by atoms with E-state index in [1.807, 2.05) is 0 Å². The van der Waals surface area contributed by atoms with E-state index < -0.39 is 22.0 Å². The summed E-state index contributed by atoms with van der Waals surface area (Å²) in [5.74, 6) is -0.274. The van der Waals surface area contributed by atoms with E-state index in [1.54, 1.807) is 36.4 Å². The fourth-order valence-corrected chi connectivity index (χ4v) is 4.19. The molecule has 4 rings (SSSR count). The highest BCUT2D eigenvalue weighted by atomic mass is 32.2. The second-order valence-corrected chi connectivity index (χ2v) is 8.99. The normalized spacial score (nSPS) is 13.8. The molecule has 3 aromatic rings. The van der Waals surface area contributed by atoms with Crippen LogP contribution in [-0.2, 0) is 27.9 Å². The van der Waals surface area contributed by atoms with Crippen LogP contribution in [0.5, 0.6) is 0 Å². The van der Waals surface area contributed by atoms with Gasteiger partial charge >= 0.3 is 6.03 Å². The van der Waals surface area contributed by atoms with E-state index in [-0.39, 0.29) is 36.0 Å². The van der Waals surface area contributed by atoms with Crippen LogP contribution in [0.15, 0.2) is 76.2 Å². The Balaban J connectivity index is 1.39. The number of rotatable bonds is 8. The average molecular weight is 468 g/mol. The van der Waals surface area contributed by atoms with Crippen LogP contribution >= 0.6 is 0 Å².